The number of nitrogens with zero attached hydrogens (tertiary/aromatic N) is 3. The van der Waals surface area contributed by atoms with Crippen LogP contribution in [0.25, 0.3) is 122 Å². The fraction of sp³-hybridized carbons (Fsp3) is 0. The predicted octanol–water partition coefficient (Wildman–Crippen LogP) is 13.9. The first kappa shape index (κ1) is 31.5. The van der Waals surface area contributed by atoms with Crippen LogP contribution in [0.2, 0.25) is 0 Å². The topological polar surface area (TPSA) is 78.1 Å². The lowest BCUT2D eigenvalue weighted by molar-refractivity contribution is 0.668. The van der Waals surface area contributed by atoms with Crippen molar-refractivity contribution in [2.75, 3.05) is 0 Å². The number of furan rings is 3. The van der Waals surface area contributed by atoms with Crippen LogP contribution in [-0.4, -0.2) is 15.0 Å². The van der Waals surface area contributed by atoms with E-state index in [0.29, 0.717) is 17.5 Å². The van der Waals surface area contributed by atoms with Crippen LogP contribution >= 0.6 is 0 Å². The highest BCUT2D eigenvalue weighted by molar-refractivity contribution is 6.09. The molecular formula is C51H29N3O3. The summed E-state index contributed by atoms with van der Waals surface area (Å²) in [6, 6.07) is 60.1. The summed E-state index contributed by atoms with van der Waals surface area (Å²) >= 11 is 0. The second kappa shape index (κ2) is 12.3. The van der Waals surface area contributed by atoms with Crippen LogP contribution in [0.15, 0.2) is 189 Å². The zero-order chi connectivity index (χ0) is 37.5. The summed E-state index contributed by atoms with van der Waals surface area (Å²) in [7, 11) is 0. The summed E-state index contributed by atoms with van der Waals surface area (Å²) in [6.07, 6.45) is 0. The average Bonchev–Trinajstić information content (AvgIpc) is 3.96. The SMILES string of the molecule is c1ccc(-c2nc(-c3ccc4c(c3)oc3ccccc34)nc(-c3ccc4c(c3)oc3ccc(-c5ccccc5-c5ccc6oc7ccccc7c6c5)cc34)n2)cc1. The molecule has 4 aromatic heterocycles. The number of hydrogen-bond acceptors (Lipinski definition) is 6. The van der Waals surface area contributed by atoms with Crippen molar-refractivity contribution in [1.82, 2.24) is 15.0 Å². The number of fused-ring (bicyclic) bond motifs is 9. The van der Waals surface area contributed by atoms with Gasteiger partial charge >= 0.3 is 0 Å². The molecule has 6 nitrogen and oxygen atoms in total. The minimum atomic E-state index is 0.558. The maximum absolute atomic E-state index is 6.51. The van der Waals surface area contributed by atoms with Gasteiger partial charge < -0.3 is 13.3 Å². The minimum Gasteiger partial charge on any atom is -0.456 e. The van der Waals surface area contributed by atoms with E-state index in [2.05, 4.69) is 97.1 Å². The lowest BCUT2D eigenvalue weighted by atomic mass is 9.93. The fourth-order valence-electron chi connectivity index (χ4n) is 8.18. The summed E-state index contributed by atoms with van der Waals surface area (Å²) in [5.74, 6) is 1.71. The van der Waals surface area contributed by atoms with Crippen molar-refractivity contribution in [3.05, 3.63) is 176 Å². The molecule has 4 heterocycles. The lowest BCUT2D eigenvalue weighted by Gasteiger charge is -2.11. The van der Waals surface area contributed by atoms with Crippen LogP contribution in [0.4, 0.5) is 0 Å². The first-order valence-corrected chi connectivity index (χ1v) is 18.9. The summed E-state index contributed by atoms with van der Waals surface area (Å²) in [4.78, 5) is 15.0. The van der Waals surface area contributed by atoms with Gasteiger partial charge in [-0.2, -0.15) is 0 Å². The second-order valence-corrected chi connectivity index (χ2v) is 14.4. The summed E-state index contributed by atoms with van der Waals surface area (Å²) in [6.45, 7) is 0. The van der Waals surface area contributed by atoms with Crippen LogP contribution in [-0.2, 0) is 0 Å². The Hall–Kier alpha value is -7.83. The third-order valence-corrected chi connectivity index (χ3v) is 11.0. The molecular weight excluding hydrogens is 703 g/mol. The third kappa shape index (κ3) is 5.15. The smallest absolute Gasteiger partial charge is 0.164 e. The molecule has 0 aliphatic carbocycles. The Balaban J connectivity index is 0.955. The Morgan fingerprint density at radius 2 is 0.632 bits per heavy atom. The highest BCUT2D eigenvalue weighted by Crippen LogP contribution is 2.40. The maximum atomic E-state index is 6.51. The number of para-hydroxylation sites is 2. The molecule has 0 fully saturated rings. The van der Waals surface area contributed by atoms with E-state index < -0.39 is 0 Å². The van der Waals surface area contributed by atoms with Gasteiger partial charge in [0.25, 0.3) is 0 Å². The van der Waals surface area contributed by atoms with E-state index >= 15 is 0 Å². The number of benzene rings is 8. The van der Waals surface area contributed by atoms with Gasteiger partial charge in [-0.25, -0.2) is 15.0 Å². The molecule has 0 radical (unpaired) electrons. The Morgan fingerprint density at radius 1 is 0.246 bits per heavy atom. The van der Waals surface area contributed by atoms with Gasteiger partial charge in [0.15, 0.2) is 17.5 Å². The largest absolute Gasteiger partial charge is 0.456 e. The van der Waals surface area contributed by atoms with Crippen LogP contribution < -0.4 is 0 Å². The average molecular weight is 732 g/mol. The van der Waals surface area contributed by atoms with Gasteiger partial charge in [0.1, 0.15) is 33.5 Å². The van der Waals surface area contributed by atoms with Gasteiger partial charge in [0.05, 0.1) is 0 Å². The van der Waals surface area contributed by atoms with Crippen molar-refractivity contribution >= 4 is 65.8 Å². The van der Waals surface area contributed by atoms with Crippen molar-refractivity contribution < 1.29 is 13.3 Å². The van der Waals surface area contributed by atoms with Crippen molar-refractivity contribution in [2.45, 2.75) is 0 Å². The first-order valence-electron chi connectivity index (χ1n) is 18.9. The maximum Gasteiger partial charge on any atom is 0.164 e. The van der Waals surface area contributed by atoms with E-state index in [1.165, 1.54) is 0 Å². The van der Waals surface area contributed by atoms with E-state index in [1.807, 2.05) is 78.9 Å². The highest BCUT2D eigenvalue weighted by Gasteiger charge is 2.18. The Morgan fingerprint density at radius 3 is 1.19 bits per heavy atom. The van der Waals surface area contributed by atoms with E-state index in [0.717, 1.165) is 105 Å². The minimum absolute atomic E-state index is 0.558. The molecule has 8 aromatic carbocycles. The number of rotatable bonds is 5. The van der Waals surface area contributed by atoms with Crippen LogP contribution in [0, 0.1) is 0 Å². The standard InChI is InChI=1S/C51H29N3O3/c1-2-10-30(11-3-1)49-52-50(33-18-22-39-37-14-6-8-16-43(37)56-47(39)28-33)54-51(53-49)34-19-23-40-42-27-32(21-25-46(42)57-48(40)29-34)36-13-5-4-12-35(36)31-20-24-45-41(26-31)38-15-7-9-17-44(38)55-45/h1-29H. The van der Waals surface area contributed by atoms with Gasteiger partial charge in [0, 0.05) is 49.0 Å². The third-order valence-electron chi connectivity index (χ3n) is 11.0. The van der Waals surface area contributed by atoms with Crippen molar-refractivity contribution in [3.8, 4) is 56.4 Å². The molecule has 266 valence electrons. The molecule has 0 aliphatic rings. The Bertz CT molecular complexity index is 3540. The molecule has 0 amide bonds. The lowest BCUT2D eigenvalue weighted by Crippen LogP contribution is -2.00. The van der Waals surface area contributed by atoms with E-state index in [1.54, 1.807) is 0 Å². The Kier molecular flexibility index (Phi) is 6.83. The molecule has 12 aromatic rings. The molecule has 57 heavy (non-hydrogen) atoms. The van der Waals surface area contributed by atoms with Gasteiger partial charge in [-0.15, -0.1) is 0 Å². The summed E-state index contributed by atoms with van der Waals surface area (Å²) in [5.41, 5.74) is 12.1. The zero-order valence-electron chi connectivity index (χ0n) is 30.3. The Labute approximate surface area is 325 Å². The molecule has 0 spiro atoms. The number of hydrogen-bond donors (Lipinski definition) is 0. The van der Waals surface area contributed by atoms with Crippen LogP contribution in [0.1, 0.15) is 0 Å². The fourth-order valence-corrected chi connectivity index (χ4v) is 8.18. The van der Waals surface area contributed by atoms with Crippen LogP contribution in [0.5, 0.6) is 0 Å². The second-order valence-electron chi connectivity index (χ2n) is 14.4. The van der Waals surface area contributed by atoms with E-state index in [4.69, 9.17) is 28.2 Å². The molecule has 0 bridgehead atoms. The number of aromatic nitrogens is 3. The van der Waals surface area contributed by atoms with Gasteiger partial charge in [-0.3, -0.25) is 0 Å². The monoisotopic (exact) mass is 731 g/mol. The first-order chi connectivity index (χ1) is 28.2. The van der Waals surface area contributed by atoms with Crippen molar-refractivity contribution in [2.24, 2.45) is 0 Å². The molecule has 6 heteroatoms. The summed E-state index contributed by atoms with van der Waals surface area (Å²) < 4.78 is 18.9. The van der Waals surface area contributed by atoms with Crippen molar-refractivity contribution in [3.63, 3.8) is 0 Å². The van der Waals surface area contributed by atoms with Crippen molar-refractivity contribution in [1.29, 1.82) is 0 Å². The van der Waals surface area contributed by atoms with Crippen LogP contribution in [0.3, 0.4) is 0 Å². The van der Waals surface area contributed by atoms with Gasteiger partial charge in [-0.1, -0.05) is 115 Å². The van der Waals surface area contributed by atoms with Gasteiger partial charge in [0.2, 0.25) is 0 Å². The quantitative estimate of drug-likeness (QED) is 0.175. The van der Waals surface area contributed by atoms with Gasteiger partial charge in [-0.05, 0) is 82.9 Å². The van der Waals surface area contributed by atoms with E-state index in [-0.39, 0.29) is 0 Å². The molecule has 0 unspecified atom stereocenters. The predicted molar refractivity (Wildman–Crippen MR) is 229 cm³/mol. The molecule has 0 N–H and O–H groups in total. The normalized spacial score (nSPS) is 11.9. The zero-order valence-corrected chi connectivity index (χ0v) is 30.3. The molecule has 0 aliphatic heterocycles. The highest BCUT2D eigenvalue weighted by atomic mass is 16.3. The molecule has 0 atom stereocenters. The molecule has 0 saturated carbocycles. The van der Waals surface area contributed by atoms with E-state index in [9.17, 15) is 0 Å². The summed E-state index contributed by atoms with van der Waals surface area (Å²) in [5, 5.41) is 6.42. The molecule has 0 saturated heterocycles. The molecule has 12 rings (SSSR count).